The van der Waals surface area contributed by atoms with Crippen LogP contribution in [0.4, 0.5) is 0 Å². The van der Waals surface area contributed by atoms with E-state index in [1.807, 2.05) is 21.1 Å². The van der Waals surface area contributed by atoms with Gasteiger partial charge in [-0.15, -0.1) is 0 Å². The van der Waals surface area contributed by atoms with Crippen molar-refractivity contribution < 1.29 is 42.9 Å². The molecule has 0 rings (SSSR count). The molecule has 0 saturated carbocycles. The molecule has 2 unspecified atom stereocenters. The van der Waals surface area contributed by atoms with E-state index in [0.29, 0.717) is 17.4 Å². The molecule has 2 atom stereocenters. The maximum absolute atomic E-state index is 12.8. The molecule has 0 radical (unpaired) electrons. The second-order valence-corrected chi connectivity index (χ2v) is 19.9. The average molecular weight is 932 g/mol. The van der Waals surface area contributed by atoms with E-state index in [1.54, 1.807) is 0 Å². The van der Waals surface area contributed by atoms with Gasteiger partial charge in [0, 0.05) is 12.8 Å². The Kier molecular flexibility index (Phi) is 47.1. The molecule has 0 amide bonds. The molecular weight excluding hydrogens is 827 g/mol. The summed E-state index contributed by atoms with van der Waals surface area (Å²) in [4.78, 5) is 37.2. The summed E-state index contributed by atoms with van der Waals surface area (Å²) in [5.74, 6) is -2.28. The largest absolute Gasteiger partial charge is 0.545 e. The predicted octanol–water partition coefficient (Wildman–Crippen LogP) is 14.4. The van der Waals surface area contributed by atoms with Crippen molar-refractivity contribution in [3.8, 4) is 0 Å². The van der Waals surface area contributed by atoms with Crippen LogP contribution in [0.1, 0.15) is 251 Å². The third-order valence-electron chi connectivity index (χ3n) is 12.1. The molecular formula is C57H105NO8. The number of esters is 2. The average Bonchev–Trinajstić information content (AvgIpc) is 3.28. The fourth-order valence-corrected chi connectivity index (χ4v) is 7.80. The molecule has 0 heterocycles. The van der Waals surface area contributed by atoms with Gasteiger partial charge in [0.2, 0.25) is 0 Å². The van der Waals surface area contributed by atoms with Gasteiger partial charge < -0.3 is 33.3 Å². The number of nitrogens with zero attached hydrogens (tertiary/aromatic N) is 1. The van der Waals surface area contributed by atoms with Gasteiger partial charge in [-0.1, -0.05) is 204 Å². The Hall–Kier alpha value is -2.49. The van der Waals surface area contributed by atoms with E-state index in [1.165, 1.54) is 161 Å². The summed E-state index contributed by atoms with van der Waals surface area (Å²) in [6.45, 7) is 4.75. The molecule has 0 aliphatic carbocycles. The van der Waals surface area contributed by atoms with Crippen LogP contribution in [0.2, 0.25) is 0 Å². The van der Waals surface area contributed by atoms with Gasteiger partial charge in [0.05, 0.1) is 40.3 Å². The number of hydrogen-bond acceptors (Lipinski definition) is 8. The van der Waals surface area contributed by atoms with Crippen LogP contribution in [-0.4, -0.2) is 82.3 Å². The predicted molar refractivity (Wildman–Crippen MR) is 274 cm³/mol. The Bertz CT molecular complexity index is 1180. The highest BCUT2D eigenvalue weighted by molar-refractivity contribution is 5.70. The highest BCUT2D eigenvalue weighted by atomic mass is 16.7. The summed E-state index contributed by atoms with van der Waals surface area (Å²) < 4.78 is 22.7. The lowest BCUT2D eigenvalue weighted by atomic mass is 10.0. The molecule has 386 valence electrons. The number of likely N-dealkylation sites (N-methyl/N-ethyl adjacent to an activating group) is 1. The summed E-state index contributed by atoms with van der Waals surface area (Å²) in [6, 6.07) is 0. The van der Waals surface area contributed by atoms with Gasteiger partial charge in [0.15, 0.2) is 12.4 Å². The Morgan fingerprint density at radius 3 is 1.21 bits per heavy atom. The zero-order chi connectivity index (χ0) is 48.4. The zero-order valence-electron chi connectivity index (χ0n) is 43.8. The lowest BCUT2D eigenvalue weighted by Crippen LogP contribution is -2.44. The van der Waals surface area contributed by atoms with E-state index < -0.39 is 24.3 Å². The summed E-state index contributed by atoms with van der Waals surface area (Å²) in [5, 5.41) is 11.7. The maximum Gasteiger partial charge on any atom is 0.306 e. The number of quaternary nitrogens is 1. The number of unbranched alkanes of at least 4 members (excludes halogenated alkanes) is 30. The zero-order valence-corrected chi connectivity index (χ0v) is 43.8. The molecule has 0 fully saturated rings. The monoisotopic (exact) mass is 932 g/mol. The summed E-state index contributed by atoms with van der Waals surface area (Å²) in [6.07, 6.45) is 54.7. The molecule has 66 heavy (non-hydrogen) atoms. The van der Waals surface area contributed by atoms with Gasteiger partial charge in [-0.05, 0) is 70.6 Å². The molecule has 0 N–H and O–H groups in total. The van der Waals surface area contributed by atoms with Crippen LogP contribution in [0.5, 0.6) is 0 Å². The quantitative estimate of drug-likeness (QED) is 0.0195. The van der Waals surface area contributed by atoms with Crippen LogP contribution in [-0.2, 0) is 33.3 Å². The number of ether oxygens (including phenoxy) is 4. The fourth-order valence-electron chi connectivity index (χ4n) is 7.80. The third-order valence-corrected chi connectivity index (χ3v) is 12.1. The van der Waals surface area contributed by atoms with E-state index >= 15 is 0 Å². The molecule has 9 heteroatoms. The molecule has 0 aromatic carbocycles. The van der Waals surface area contributed by atoms with Gasteiger partial charge in [0.25, 0.3) is 0 Å². The Labute approximate surface area is 407 Å². The van der Waals surface area contributed by atoms with Gasteiger partial charge in [-0.2, -0.15) is 0 Å². The summed E-state index contributed by atoms with van der Waals surface area (Å²) in [5.41, 5.74) is 0. The highest BCUT2D eigenvalue weighted by Gasteiger charge is 2.22. The number of carboxylic acid groups (broad SMARTS) is 1. The van der Waals surface area contributed by atoms with Crippen LogP contribution in [0.3, 0.4) is 0 Å². The first-order valence-electron chi connectivity index (χ1n) is 27.6. The molecule has 0 bridgehead atoms. The molecule has 0 saturated heterocycles. The van der Waals surface area contributed by atoms with Gasteiger partial charge in [-0.3, -0.25) is 9.59 Å². The molecule has 0 aliphatic heterocycles. The number of aliphatic carboxylic acids is 1. The molecule has 0 aliphatic rings. The highest BCUT2D eigenvalue weighted by Crippen LogP contribution is 2.16. The van der Waals surface area contributed by atoms with Crippen LogP contribution in [0.25, 0.3) is 0 Å². The van der Waals surface area contributed by atoms with Crippen LogP contribution in [0.15, 0.2) is 36.5 Å². The topological polar surface area (TPSA) is 111 Å². The normalized spacial score (nSPS) is 13.0. The smallest absolute Gasteiger partial charge is 0.306 e. The standard InChI is InChI=1S/C57H105NO8/c1-6-8-10-12-14-16-18-20-22-24-25-26-27-28-29-30-31-32-34-36-38-40-42-44-46-48-55(60)66-53(52-65-57(56(61)62)63-50-49-58(3,4)5)51-64-54(59)47-45-43-41-39-37-35-33-23-21-19-17-15-13-11-9-7-2/h18,20,23-25,33,53,57H,6-17,19,21-22,26-32,34-52H2,1-5H3/b20-18-,25-24-,33-23-. The lowest BCUT2D eigenvalue weighted by molar-refractivity contribution is -0.870. The van der Waals surface area contributed by atoms with Crippen LogP contribution in [0, 0.1) is 0 Å². The Balaban J connectivity index is 4.25. The van der Waals surface area contributed by atoms with Crippen molar-refractivity contribution in [3.63, 3.8) is 0 Å². The molecule has 0 aromatic heterocycles. The van der Waals surface area contributed by atoms with E-state index in [9.17, 15) is 19.5 Å². The minimum Gasteiger partial charge on any atom is -0.545 e. The van der Waals surface area contributed by atoms with Crippen molar-refractivity contribution in [1.29, 1.82) is 0 Å². The first kappa shape index (κ1) is 63.5. The van der Waals surface area contributed by atoms with E-state index in [0.717, 1.165) is 57.8 Å². The minimum absolute atomic E-state index is 0.147. The number of carbonyl (C=O) groups is 3. The summed E-state index contributed by atoms with van der Waals surface area (Å²) >= 11 is 0. The number of allylic oxidation sites excluding steroid dienone is 6. The van der Waals surface area contributed by atoms with E-state index in [2.05, 4.69) is 50.3 Å². The Morgan fingerprint density at radius 2 is 0.818 bits per heavy atom. The fraction of sp³-hybridized carbons (Fsp3) is 0.842. The number of hydrogen-bond donors (Lipinski definition) is 0. The van der Waals surface area contributed by atoms with Crippen molar-refractivity contribution in [2.24, 2.45) is 0 Å². The second-order valence-electron chi connectivity index (χ2n) is 19.9. The second kappa shape index (κ2) is 48.9. The van der Waals surface area contributed by atoms with E-state index in [4.69, 9.17) is 18.9 Å². The Morgan fingerprint density at radius 1 is 0.455 bits per heavy atom. The van der Waals surface area contributed by atoms with E-state index in [-0.39, 0.29) is 38.6 Å². The van der Waals surface area contributed by atoms with Crippen molar-refractivity contribution in [2.45, 2.75) is 264 Å². The van der Waals surface area contributed by atoms with Gasteiger partial charge in [-0.25, -0.2) is 0 Å². The van der Waals surface area contributed by atoms with Crippen molar-refractivity contribution >= 4 is 17.9 Å². The SMILES string of the molecule is CCCCCCC/C=C\C/C=C\CCCCCCCCCCCCCCCC(=O)OC(COC(=O)CCCCCCC/C=C\CCCCCCCCC)COC(OCC[N+](C)(C)C)C(=O)[O-]. The minimum atomic E-state index is -1.62. The van der Waals surface area contributed by atoms with Crippen molar-refractivity contribution in [1.82, 2.24) is 0 Å². The molecule has 0 spiro atoms. The number of rotatable bonds is 51. The first-order chi connectivity index (χ1) is 32.1. The first-order valence-corrected chi connectivity index (χ1v) is 27.6. The molecule has 9 nitrogen and oxygen atoms in total. The molecule has 0 aromatic rings. The van der Waals surface area contributed by atoms with Crippen LogP contribution >= 0.6 is 0 Å². The van der Waals surface area contributed by atoms with Crippen LogP contribution < -0.4 is 5.11 Å². The number of carbonyl (C=O) groups excluding carboxylic acids is 3. The maximum atomic E-state index is 12.8. The number of carboxylic acids is 1. The lowest BCUT2D eigenvalue weighted by Gasteiger charge is -2.26. The van der Waals surface area contributed by atoms with Crippen molar-refractivity contribution in [3.05, 3.63) is 36.5 Å². The summed E-state index contributed by atoms with van der Waals surface area (Å²) in [7, 11) is 5.92. The van der Waals surface area contributed by atoms with Gasteiger partial charge in [0.1, 0.15) is 13.2 Å². The third kappa shape index (κ3) is 49.4. The van der Waals surface area contributed by atoms with Gasteiger partial charge >= 0.3 is 11.9 Å². The van der Waals surface area contributed by atoms with Crippen molar-refractivity contribution in [2.75, 3.05) is 47.5 Å².